The van der Waals surface area contributed by atoms with Gasteiger partial charge in [0, 0.05) is 23.2 Å². The number of furan rings is 1. The summed E-state index contributed by atoms with van der Waals surface area (Å²) in [7, 11) is -1.98. The zero-order chi connectivity index (χ0) is 15.6. The van der Waals surface area contributed by atoms with Gasteiger partial charge in [-0.3, -0.25) is 4.79 Å². The lowest BCUT2D eigenvalue weighted by atomic mass is 10.2. The Morgan fingerprint density at radius 1 is 1.29 bits per heavy atom. The van der Waals surface area contributed by atoms with E-state index >= 15 is 0 Å². The Balaban J connectivity index is 2.29. The lowest BCUT2D eigenvalue weighted by Gasteiger charge is -2.07. The molecule has 0 saturated carbocycles. The van der Waals surface area contributed by atoms with Crippen molar-refractivity contribution in [2.75, 3.05) is 7.05 Å². The Hall–Kier alpha value is -1.42. The van der Waals surface area contributed by atoms with Crippen molar-refractivity contribution in [2.24, 2.45) is 0 Å². The largest absolute Gasteiger partial charge is 0.465 e. The molecule has 0 unspecified atom stereocenters. The number of hydrogen-bond acceptors (Lipinski definition) is 6. The molecule has 2 heterocycles. The Kier molecular flexibility index (Phi) is 4.67. The topological polar surface area (TPSA) is 104 Å². The van der Waals surface area contributed by atoms with Crippen molar-refractivity contribution in [1.82, 2.24) is 15.0 Å². The molecule has 2 aromatic heterocycles. The first-order valence-electron chi connectivity index (χ1n) is 6.25. The molecule has 0 radical (unpaired) electrons. The highest BCUT2D eigenvalue weighted by Gasteiger charge is 2.26. The number of aromatic amines is 1. The minimum Gasteiger partial charge on any atom is -0.465 e. The molecule has 3 N–H and O–H groups in total. The Morgan fingerprint density at radius 2 is 2.00 bits per heavy atom. The molecule has 0 fully saturated rings. The second-order valence-corrected chi connectivity index (χ2v) is 7.10. The fraction of sp³-hybridized carbons (Fsp3) is 0.417. The molecule has 0 bridgehead atoms. The molecule has 9 heteroatoms. The zero-order valence-electron chi connectivity index (χ0n) is 11.9. The fourth-order valence-corrected chi connectivity index (χ4v) is 4.12. The minimum atomic E-state index is -3.71. The summed E-state index contributed by atoms with van der Waals surface area (Å²) in [5.41, 5.74) is 1.14. The van der Waals surface area contributed by atoms with Crippen molar-refractivity contribution >= 4 is 21.4 Å². The van der Waals surface area contributed by atoms with Gasteiger partial charge < -0.3 is 14.7 Å². The molecule has 21 heavy (non-hydrogen) atoms. The Labute approximate surface area is 126 Å². The molecule has 0 aliphatic rings. The van der Waals surface area contributed by atoms with Crippen LogP contribution in [0.2, 0.25) is 0 Å². The molecule has 0 saturated heterocycles. The summed E-state index contributed by atoms with van der Waals surface area (Å²) >= 11 is 0.995. The molecule has 0 aromatic carbocycles. The van der Waals surface area contributed by atoms with Crippen LogP contribution in [0.3, 0.4) is 0 Å². The first-order valence-corrected chi connectivity index (χ1v) is 8.61. The predicted molar refractivity (Wildman–Crippen MR) is 79.9 cm³/mol. The average molecular weight is 331 g/mol. The smallest absolute Gasteiger partial charge is 0.304 e. The third-order valence-corrected chi connectivity index (χ3v) is 5.28. The van der Waals surface area contributed by atoms with Crippen LogP contribution in [0.15, 0.2) is 19.5 Å². The molecule has 2 rings (SSSR count). The third kappa shape index (κ3) is 3.43. The van der Waals surface area contributed by atoms with Crippen molar-refractivity contribution in [3.05, 3.63) is 37.8 Å². The van der Waals surface area contributed by atoms with E-state index < -0.39 is 10.0 Å². The summed E-state index contributed by atoms with van der Waals surface area (Å²) in [6, 6.07) is 0. The highest BCUT2D eigenvalue weighted by Crippen LogP contribution is 2.26. The number of H-pyrrole nitrogens is 1. The number of aryl methyl sites for hydroxylation is 2. The minimum absolute atomic E-state index is 0.0315. The summed E-state index contributed by atoms with van der Waals surface area (Å²) in [6.07, 6.45) is 0. The van der Waals surface area contributed by atoms with E-state index in [0.717, 1.165) is 11.3 Å². The number of thiazole rings is 1. The Bertz CT molecular complexity index is 786. The zero-order valence-corrected chi connectivity index (χ0v) is 13.6. The lowest BCUT2D eigenvalue weighted by molar-refractivity contribution is 0.493. The quantitative estimate of drug-likeness (QED) is 0.728. The molecule has 0 aliphatic heterocycles. The van der Waals surface area contributed by atoms with Crippen LogP contribution < -0.4 is 14.9 Å². The molecule has 116 valence electrons. The van der Waals surface area contributed by atoms with Crippen LogP contribution in [0.25, 0.3) is 0 Å². The van der Waals surface area contributed by atoms with E-state index in [1.165, 1.54) is 0 Å². The second kappa shape index (κ2) is 6.14. The van der Waals surface area contributed by atoms with Gasteiger partial charge in [0.25, 0.3) is 0 Å². The number of nitrogens with one attached hydrogen (secondary N) is 3. The summed E-state index contributed by atoms with van der Waals surface area (Å²) in [5.74, 6) is 0.926. The molecule has 0 spiro atoms. The third-order valence-electron chi connectivity index (χ3n) is 2.97. The standard InChI is InChI=1S/C12H17N3O4S2/c1-7-10(5-13-3)11(8(2)19-7)21(17,18)14-4-9-6-20-12(16)15-9/h6,13-14H,4-5H2,1-3H3,(H,15,16). The predicted octanol–water partition coefficient (Wildman–Crippen LogP) is 0.844. The van der Waals surface area contributed by atoms with Crippen LogP contribution in [0, 0.1) is 13.8 Å². The maximum Gasteiger partial charge on any atom is 0.304 e. The summed E-state index contributed by atoms with van der Waals surface area (Å²) in [5, 5.41) is 4.52. The van der Waals surface area contributed by atoms with Crippen molar-refractivity contribution < 1.29 is 12.8 Å². The first-order chi connectivity index (χ1) is 9.85. The number of sulfonamides is 1. The van der Waals surface area contributed by atoms with E-state index in [0.29, 0.717) is 29.3 Å². The van der Waals surface area contributed by atoms with E-state index in [-0.39, 0.29) is 16.3 Å². The summed E-state index contributed by atoms with van der Waals surface area (Å²) in [6.45, 7) is 3.78. The van der Waals surface area contributed by atoms with Gasteiger partial charge in [0.15, 0.2) is 0 Å². The summed E-state index contributed by atoms with van der Waals surface area (Å²) in [4.78, 5) is 13.6. The van der Waals surface area contributed by atoms with E-state index in [1.54, 1.807) is 26.3 Å². The molecule has 0 aliphatic carbocycles. The van der Waals surface area contributed by atoms with Crippen molar-refractivity contribution in [2.45, 2.75) is 31.8 Å². The molecule has 2 aromatic rings. The van der Waals surface area contributed by atoms with E-state index in [2.05, 4.69) is 15.0 Å². The average Bonchev–Trinajstić information content (AvgIpc) is 2.92. The van der Waals surface area contributed by atoms with Crippen LogP contribution in [-0.4, -0.2) is 20.4 Å². The summed E-state index contributed by atoms with van der Waals surface area (Å²) < 4.78 is 32.8. The van der Waals surface area contributed by atoms with Gasteiger partial charge in [-0.1, -0.05) is 11.3 Å². The monoisotopic (exact) mass is 331 g/mol. The highest BCUT2D eigenvalue weighted by molar-refractivity contribution is 7.89. The molecule has 0 amide bonds. The van der Waals surface area contributed by atoms with Gasteiger partial charge in [-0.05, 0) is 20.9 Å². The van der Waals surface area contributed by atoms with E-state index in [1.807, 2.05) is 0 Å². The Morgan fingerprint density at radius 3 is 2.57 bits per heavy atom. The fourth-order valence-electron chi connectivity index (χ4n) is 2.09. The number of rotatable bonds is 6. The van der Waals surface area contributed by atoms with Crippen molar-refractivity contribution in [3.8, 4) is 0 Å². The van der Waals surface area contributed by atoms with Gasteiger partial charge in [-0.15, -0.1) is 0 Å². The molecule has 7 nitrogen and oxygen atoms in total. The lowest BCUT2D eigenvalue weighted by Crippen LogP contribution is -2.25. The SMILES string of the molecule is CNCc1c(C)oc(C)c1S(=O)(=O)NCc1csc(=O)[nH]1. The number of aromatic nitrogens is 1. The van der Waals surface area contributed by atoms with Crippen LogP contribution in [-0.2, 0) is 23.1 Å². The van der Waals surface area contributed by atoms with Gasteiger partial charge in [0.05, 0.1) is 6.54 Å². The highest BCUT2D eigenvalue weighted by atomic mass is 32.2. The van der Waals surface area contributed by atoms with Gasteiger partial charge in [-0.2, -0.15) is 0 Å². The van der Waals surface area contributed by atoms with Crippen LogP contribution in [0.1, 0.15) is 22.8 Å². The van der Waals surface area contributed by atoms with Crippen LogP contribution >= 0.6 is 11.3 Å². The van der Waals surface area contributed by atoms with Gasteiger partial charge in [-0.25, -0.2) is 13.1 Å². The molecule has 0 atom stereocenters. The maximum atomic E-state index is 12.5. The van der Waals surface area contributed by atoms with Crippen molar-refractivity contribution in [1.29, 1.82) is 0 Å². The second-order valence-electron chi connectivity index (χ2n) is 4.55. The number of hydrogen-bond donors (Lipinski definition) is 3. The maximum absolute atomic E-state index is 12.5. The van der Waals surface area contributed by atoms with E-state index in [4.69, 9.17) is 4.42 Å². The normalized spacial score (nSPS) is 12.0. The van der Waals surface area contributed by atoms with Crippen LogP contribution in [0.5, 0.6) is 0 Å². The first kappa shape index (κ1) is 16.0. The van der Waals surface area contributed by atoms with Gasteiger partial charge >= 0.3 is 4.87 Å². The molecular formula is C12H17N3O4S2. The van der Waals surface area contributed by atoms with Crippen molar-refractivity contribution in [3.63, 3.8) is 0 Å². The van der Waals surface area contributed by atoms with Gasteiger partial charge in [0.1, 0.15) is 16.4 Å². The van der Waals surface area contributed by atoms with E-state index in [9.17, 15) is 13.2 Å². The molecular weight excluding hydrogens is 314 g/mol. The van der Waals surface area contributed by atoms with Gasteiger partial charge in [0.2, 0.25) is 10.0 Å². The van der Waals surface area contributed by atoms with Crippen LogP contribution in [0.4, 0.5) is 0 Å².